The van der Waals surface area contributed by atoms with E-state index >= 15 is 0 Å². The average molecular weight is 315 g/mol. The van der Waals surface area contributed by atoms with Crippen molar-refractivity contribution >= 4 is 17.6 Å². The van der Waals surface area contributed by atoms with E-state index in [1.54, 1.807) is 0 Å². The summed E-state index contributed by atoms with van der Waals surface area (Å²) in [7, 11) is 0. The predicted octanol–water partition coefficient (Wildman–Crippen LogP) is 3.71. The molecule has 4 rings (SSSR count). The molecular formula is C19H25NO3. The smallest absolute Gasteiger partial charge is 0.307 e. The minimum atomic E-state index is -0.808. The number of anilines is 1. The Kier molecular flexibility index (Phi) is 4.69. The van der Waals surface area contributed by atoms with Crippen molar-refractivity contribution in [2.75, 3.05) is 5.32 Å². The highest BCUT2D eigenvalue weighted by Crippen LogP contribution is 2.49. The number of carboxylic acids is 1. The molecule has 124 valence electrons. The molecule has 0 aromatic heterocycles. The first-order valence-corrected chi connectivity index (χ1v) is 8.72. The number of hydrogen-bond donors (Lipinski definition) is 2. The lowest BCUT2D eigenvalue weighted by Crippen LogP contribution is -2.49. The second-order valence-electron chi connectivity index (χ2n) is 7.00. The van der Waals surface area contributed by atoms with Gasteiger partial charge in [-0.1, -0.05) is 25.5 Å². The summed E-state index contributed by atoms with van der Waals surface area (Å²) >= 11 is 0. The fourth-order valence-electron chi connectivity index (χ4n) is 4.45. The third-order valence-corrected chi connectivity index (χ3v) is 5.57. The van der Waals surface area contributed by atoms with E-state index in [0.29, 0.717) is 0 Å². The highest BCUT2D eigenvalue weighted by atomic mass is 16.4. The van der Waals surface area contributed by atoms with Gasteiger partial charge >= 0.3 is 5.97 Å². The molecule has 0 heterocycles. The van der Waals surface area contributed by atoms with Crippen molar-refractivity contribution in [3.8, 4) is 0 Å². The van der Waals surface area contributed by atoms with E-state index in [1.807, 2.05) is 24.3 Å². The van der Waals surface area contributed by atoms with Crippen LogP contribution in [0.25, 0.3) is 0 Å². The summed E-state index contributed by atoms with van der Waals surface area (Å²) in [6.07, 6.45) is 6.01. The summed E-state index contributed by atoms with van der Waals surface area (Å²) in [5, 5.41) is 12.5. The number of aryl methyl sites for hydroxylation is 1. The van der Waals surface area contributed by atoms with Crippen molar-refractivity contribution in [2.24, 2.45) is 23.7 Å². The topological polar surface area (TPSA) is 66.4 Å². The Balaban J connectivity index is 1.72. The number of nitrogens with one attached hydrogen (secondary N) is 1. The number of carbonyl (C=O) groups is 2. The zero-order valence-electron chi connectivity index (χ0n) is 13.6. The first-order valence-electron chi connectivity index (χ1n) is 8.72. The van der Waals surface area contributed by atoms with Gasteiger partial charge in [0.15, 0.2) is 0 Å². The molecule has 3 saturated carbocycles. The maximum atomic E-state index is 12.7. The van der Waals surface area contributed by atoms with Gasteiger partial charge in [0.05, 0.1) is 11.8 Å². The van der Waals surface area contributed by atoms with Gasteiger partial charge in [-0.2, -0.15) is 0 Å². The molecule has 2 N–H and O–H groups in total. The van der Waals surface area contributed by atoms with Gasteiger partial charge in [-0.25, -0.2) is 0 Å². The zero-order chi connectivity index (χ0) is 16.4. The lowest BCUT2D eigenvalue weighted by Gasteiger charge is -2.45. The van der Waals surface area contributed by atoms with Crippen molar-refractivity contribution in [1.82, 2.24) is 0 Å². The van der Waals surface area contributed by atoms with E-state index < -0.39 is 11.9 Å². The molecule has 0 saturated heterocycles. The van der Waals surface area contributed by atoms with Crippen molar-refractivity contribution in [1.29, 1.82) is 0 Å². The Morgan fingerprint density at radius 1 is 1.04 bits per heavy atom. The first-order chi connectivity index (χ1) is 11.1. The summed E-state index contributed by atoms with van der Waals surface area (Å²) in [5.74, 6) is -1.43. The molecule has 4 nitrogen and oxygen atoms in total. The Hall–Kier alpha value is -1.84. The van der Waals surface area contributed by atoms with Crippen LogP contribution in [0.3, 0.4) is 0 Å². The molecule has 3 fully saturated rings. The Morgan fingerprint density at radius 2 is 1.61 bits per heavy atom. The van der Waals surface area contributed by atoms with Gasteiger partial charge in [-0.15, -0.1) is 0 Å². The van der Waals surface area contributed by atoms with Gasteiger partial charge < -0.3 is 10.4 Å². The fraction of sp³-hybridized carbons (Fsp3) is 0.579. The number of carbonyl (C=O) groups excluding carboxylic acids is 1. The van der Waals surface area contributed by atoms with Crippen LogP contribution in [0.4, 0.5) is 5.69 Å². The Labute approximate surface area is 137 Å². The molecular weight excluding hydrogens is 290 g/mol. The van der Waals surface area contributed by atoms with Crippen molar-refractivity contribution in [3.05, 3.63) is 29.8 Å². The van der Waals surface area contributed by atoms with E-state index in [0.717, 1.165) is 44.2 Å². The van der Waals surface area contributed by atoms with E-state index in [-0.39, 0.29) is 23.7 Å². The Bertz CT molecular complexity index is 573. The SMILES string of the molecule is CCCc1ccc(NC(=O)[C@@H]2C3CCC(CC3)[C@H]2C(=O)O)cc1. The van der Waals surface area contributed by atoms with Crippen molar-refractivity contribution in [2.45, 2.75) is 45.4 Å². The lowest BCUT2D eigenvalue weighted by molar-refractivity contribution is -0.156. The normalized spacial score (nSPS) is 29.3. The van der Waals surface area contributed by atoms with E-state index in [1.165, 1.54) is 5.56 Å². The van der Waals surface area contributed by atoms with Crippen LogP contribution in [-0.4, -0.2) is 17.0 Å². The Morgan fingerprint density at radius 3 is 2.13 bits per heavy atom. The molecule has 23 heavy (non-hydrogen) atoms. The summed E-state index contributed by atoms with van der Waals surface area (Å²) in [5.41, 5.74) is 2.02. The van der Waals surface area contributed by atoms with Crippen molar-refractivity contribution in [3.63, 3.8) is 0 Å². The van der Waals surface area contributed by atoms with Crippen LogP contribution in [0.1, 0.15) is 44.6 Å². The molecule has 1 amide bonds. The van der Waals surface area contributed by atoms with Crippen LogP contribution in [0.2, 0.25) is 0 Å². The number of carboxylic acid groups (broad SMARTS) is 1. The molecule has 0 unspecified atom stereocenters. The number of hydrogen-bond acceptors (Lipinski definition) is 2. The molecule has 0 radical (unpaired) electrons. The maximum absolute atomic E-state index is 12.7. The highest BCUT2D eigenvalue weighted by molar-refractivity contribution is 5.95. The van der Waals surface area contributed by atoms with Crippen LogP contribution >= 0.6 is 0 Å². The van der Waals surface area contributed by atoms with Gasteiger partial charge in [-0.05, 0) is 61.6 Å². The van der Waals surface area contributed by atoms with Crippen LogP contribution in [0, 0.1) is 23.7 Å². The summed E-state index contributed by atoms with van der Waals surface area (Å²) in [4.78, 5) is 24.4. The minimum absolute atomic E-state index is 0.116. The predicted molar refractivity (Wildman–Crippen MR) is 89.1 cm³/mol. The summed E-state index contributed by atoms with van der Waals surface area (Å²) in [6, 6.07) is 7.89. The van der Waals surface area contributed by atoms with Crippen LogP contribution in [0.5, 0.6) is 0 Å². The molecule has 3 aliphatic rings. The van der Waals surface area contributed by atoms with Gasteiger partial charge in [0.2, 0.25) is 5.91 Å². The number of aliphatic carboxylic acids is 1. The third-order valence-electron chi connectivity index (χ3n) is 5.57. The summed E-state index contributed by atoms with van der Waals surface area (Å²) in [6.45, 7) is 2.14. The molecule has 1 aromatic rings. The first kappa shape index (κ1) is 16.0. The largest absolute Gasteiger partial charge is 0.481 e. The molecule has 3 aliphatic carbocycles. The molecule has 2 atom stereocenters. The van der Waals surface area contributed by atoms with Gasteiger partial charge in [-0.3, -0.25) is 9.59 Å². The molecule has 4 heteroatoms. The van der Waals surface area contributed by atoms with Crippen LogP contribution in [0.15, 0.2) is 24.3 Å². The quantitative estimate of drug-likeness (QED) is 0.870. The van der Waals surface area contributed by atoms with Crippen molar-refractivity contribution < 1.29 is 14.7 Å². The fourth-order valence-corrected chi connectivity index (χ4v) is 4.45. The van der Waals surface area contributed by atoms with E-state index in [2.05, 4.69) is 12.2 Å². The monoisotopic (exact) mass is 315 g/mol. The number of rotatable bonds is 5. The lowest BCUT2D eigenvalue weighted by atomic mass is 9.58. The molecule has 1 aromatic carbocycles. The van der Waals surface area contributed by atoms with E-state index in [9.17, 15) is 14.7 Å². The van der Waals surface area contributed by atoms with Gasteiger partial charge in [0, 0.05) is 5.69 Å². The van der Waals surface area contributed by atoms with E-state index in [4.69, 9.17) is 0 Å². The maximum Gasteiger partial charge on any atom is 0.307 e. The highest BCUT2D eigenvalue weighted by Gasteiger charge is 2.50. The third kappa shape index (κ3) is 3.26. The number of fused-ring (bicyclic) bond motifs is 3. The second-order valence-corrected chi connectivity index (χ2v) is 7.00. The van der Waals surface area contributed by atoms with Gasteiger partial charge in [0.1, 0.15) is 0 Å². The van der Waals surface area contributed by atoms with Crippen LogP contribution in [-0.2, 0) is 16.0 Å². The molecule has 0 aliphatic heterocycles. The number of benzene rings is 1. The molecule has 2 bridgehead atoms. The van der Waals surface area contributed by atoms with Crippen LogP contribution < -0.4 is 5.32 Å². The van der Waals surface area contributed by atoms with Gasteiger partial charge in [0.25, 0.3) is 0 Å². The average Bonchev–Trinajstić information content (AvgIpc) is 2.57. The molecule has 0 spiro atoms. The zero-order valence-corrected chi connectivity index (χ0v) is 13.6. The summed E-state index contributed by atoms with van der Waals surface area (Å²) < 4.78 is 0. The standard InChI is InChI=1S/C19H25NO3/c1-2-3-12-4-10-15(11-5-12)20-18(21)16-13-6-8-14(9-7-13)17(16)19(22)23/h4-5,10-11,13-14,16-17H,2-3,6-9H2,1H3,(H,20,21)(H,22,23)/t13?,14?,16-,17-/m1/s1. The second kappa shape index (κ2) is 6.73. The number of amides is 1. The minimum Gasteiger partial charge on any atom is -0.481 e.